The van der Waals surface area contributed by atoms with Crippen LogP contribution in [-0.4, -0.2) is 37.2 Å². The highest BCUT2D eigenvalue weighted by Crippen LogP contribution is 2.18. The quantitative estimate of drug-likeness (QED) is 0.0343. The smallest absolute Gasteiger partial charge is 0.306 e. The predicted octanol–water partition coefficient (Wildman–Crippen LogP) is 20.2. The van der Waals surface area contributed by atoms with Crippen LogP contribution in [0.2, 0.25) is 0 Å². The molecule has 0 aromatic rings. The van der Waals surface area contributed by atoms with Crippen LogP contribution in [0.5, 0.6) is 0 Å². The Balaban J connectivity index is 4.27. The maximum Gasteiger partial charge on any atom is 0.306 e. The summed E-state index contributed by atoms with van der Waals surface area (Å²) in [6.45, 7) is 9.07. The Morgan fingerprint density at radius 1 is 0.284 bits per heavy atom. The molecule has 398 valence electrons. The number of ether oxygens (including phenoxy) is 3. The standard InChI is InChI=1S/C61H118O6/c1-5-7-9-11-13-15-17-19-21-22-23-24-25-29-33-37-41-45-49-53-60(63)66-56-58(55-65-59(62)52-48-44-40-36-32-28-20-18-16-14-12-10-8-6-2)67-61(64)54-50-46-42-38-34-30-26-27-31-35-39-43-47-51-57(3)4/h57-58H,5-56H2,1-4H3/t58-/m0/s1. The molecule has 0 spiro atoms. The molecule has 6 heteroatoms. The van der Waals surface area contributed by atoms with Gasteiger partial charge in [0.1, 0.15) is 13.2 Å². The van der Waals surface area contributed by atoms with Gasteiger partial charge in [0.05, 0.1) is 0 Å². The van der Waals surface area contributed by atoms with E-state index in [9.17, 15) is 14.4 Å². The van der Waals surface area contributed by atoms with Gasteiger partial charge in [-0.05, 0) is 25.2 Å². The second kappa shape index (κ2) is 55.3. The number of rotatable bonds is 56. The Morgan fingerprint density at radius 2 is 0.493 bits per heavy atom. The maximum absolute atomic E-state index is 12.9. The lowest BCUT2D eigenvalue weighted by Gasteiger charge is -2.18. The van der Waals surface area contributed by atoms with Gasteiger partial charge in [0.15, 0.2) is 6.10 Å². The molecule has 0 saturated carbocycles. The summed E-state index contributed by atoms with van der Waals surface area (Å²) in [5.74, 6) is 0.00640. The first-order valence-corrected chi connectivity index (χ1v) is 30.4. The summed E-state index contributed by atoms with van der Waals surface area (Å²) in [5, 5.41) is 0. The Bertz CT molecular complexity index is 1010. The van der Waals surface area contributed by atoms with Crippen molar-refractivity contribution in [2.24, 2.45) is 5.92 Å². The topological polar surface area (TPSA) is 78.9 Å². The van der Waals surface area contributed by atoms with Crippen molar-refractivity contribution in [3.8, 4) is 0 Å². The van der Waals surface area contributed by atoms with E-state index in [1.54, 1.807) is 0 Å². The lowest BCUT2D eigenvalue weighted by molar-refractivity contribution is -0.167. The molecule has 0 rings (SSSR count). The zero-order valence-corrected chi connectivity index (χ0v) is 45.9. The van der Waals surface area contributed by atoms with Crippen LogP contribution in [0.15, 0.2) is 0 Å². The molecule has 0 aliphatic carbocycles. The molecule has 0 heterocycles. The second-order valence-corrected chi connectivity index (χ2v) is 21.5. The first-order chi connectivity index (χ1) is 32.9. The van der Waals surface area contributed by atoms with Crippen LogP contribution in [0.25, 0.3) is 0 Å². The molecular weight excluding hydrogens is 829 g/mol. The molecule has 0 fully saturated rings. The largest absolute Gasteiger partial charge is 0.462 e. The molecule has 0 aromatic carbocycles. The fourth-order valence-electron chi connectivity index (χ4n) is 9.46. The molecule has 0 aliphatic heterocycles. The van der Waals surface area contributed by atoms with E-state index in [-0.39, 0.29) is 31.1 Å². The first-order valence-electron chi connectivity index (χ1n) is 30.4. The second-order valence-electron chi connectivity index (χ2n) is 21.5. The molecule has 0 aromatic heterocycles. The summed E-state index contributed by atoms with van der Waals surface area (Å²) < 4.78 is 16.9. The highest BCUT2D eigenvalue weighted by Gasteiger charge is 2.19. The summed E-state index contributed by atoms with van der Waals surface area (Å²) in [4.78, 5) is 38.2. The van der Waals surface area contributed by atoms with Gasteiger partial charge in [0.2, 0.25) is 0 Å². The molecule has 0 aliphatic rings. The van der Waals surface area contributed by atoms with Crippen molar-refractivity contribution in [3.63, 3.8) is 0 Å². The van der Waals surface area contributed by atoms with Crippen molar-refractivity contribution in [1.82, 2.24) is 0 Å². The summed E-state index contributed by atoms with van der Waals surface area (Å²) >= 11 is 0. The van der Waals surface area contributed by atoms with E-state index in [4.69, 9.17) is 14.2 Å². The van der Waals surface area contributed by atoms with E-state index < -0.39 is 6.10 Å². The molecule has 6 nitrogen and oxygen atoms in total. The fourth-order valence-corrected chi connectivity index (χ4v) is 9.46. The Kier molecular flexibility index (Phi) is 54.0. The number of unbranched alkanes of at least 4 members (excludes halogenated alkanes) is 43. The van der Waals surface area contributed by atoms with E-state index in [1.807, 2.05) is 0 Å². The van der Waals surface area contributed by atoms with E-state index in [0.717, 1.165) is 63.7 Å². The lowest BCUT2D eigenvalue weighted by atomic mass is 10.0. The van der Waals surface area contributed by atoms with Crippen molar-refractivity contribution in [2.45, 2.75) is 355 Å². The predicted molar refractivity (Wildman–Crippen MR) is 289 cm³/mol. The number of carbonyl (C=O) groups excluding carboxylic acids is 3. The number of hydrogen-bond donors (Lipinski definition) is 0. The minimum Gasteiger partial charge on any atom is -0.462 e. The van der Waals surface area contributed by atoms with Crippen LogP contribution in [0.4, 0.5) is 0 Å². The normalized spacial score (nSPS) is 12.0. The zero-order chi connectivity index (χ0) is 48.8. The van der Waals surface area contributed by atoms with Gasteiger partial charge in [0.25, 0.3) is 0 Å². The number of carbonyl (C=O) groups is 3. The van der Waals surface area contributed by atoms with E-state index in [1.165, 1.54) is 244 Å². The van der Waals surface area contributed by atoms with Crippen LogP contribution in [0.3, 0.4) is 0 Å². The number of hydrogen-bond acceptors (Lipinski definition) is 6. The highest BCUT2D eigenvalue weighted by atomic mass is 16.6. The Hall–Kier alpha value is -1.59. The van der Waals surface area contributed by atoms with Crippen molar-refractivity contribution in [2.75, 3.05) is 13.2 Å². The molecule has 0 bridgehead atoms. The first kappa shape index (κ1) is 65.4. The molecule has 0 N–H and O–H groups in total. The molecule has 67 heavy (non-hydrogen) atoms. The molecule has 0 saturated heterocycles. The van der Waals surface area contributed by atoms with Crippen molar-refractivity contribution in [3.05, 3.63) is 0 Å². The lowest BCUT2D eigenvalue weighted by Crippen LogP contribution is -2.30. The summed E-state index contributed by atoms with van der Waals surface area (Å²) in [6.07, 6.45) is 61.0. The number of esters is 3. The van der Waals surface area contributed by atoms with Crippen LogP contribution >= 0.6 is 0 Å². The van der Waals surface area contributed by atoms with Gasteiger partial charge < -0.3 is 14.2 Å². The van der Waals surface area contributed by atoms with E-state index in [0.29, 0.717) is 19.3 Å². The molecule has 0 unspecified atom stereocenters. The third-order valence-corrected chi connectivity index (χ3v) is 14.0. The average Bonchev–Trinajstić information content (AvgIpc) is 3.31. The molecule has 0 amide bonds. The van der Waals surface area contributed by atoms with Crippen molar-refractivity contribution >= 4 is 17.9 Å². The van der Waals surface area contributed by atoms with Gasteiger partial charge in [-0.3, -0.25) is 14.4 Å². The van der Waals surface area contributed by atoms with Gasteiger partial charge in [-0.1, -0.05) is 310 Å². The monoisotopic (exact) mass is 947 g/mol. The average molecular weight is 948 g/mol. The SMILES string of the molecule is CCCCCCCCCCCCCCCCCCCCCC(=O)OC[C@H](COC(=O)CCCCCCCCCCCCCCCC)OC(=O)CCCCCCCCCCCCCCCC(C)C. The van der Waals surface area contributed by atoms with Crippen molar-refractivity contribution < 1.29 is 28.6 Å². The summed E-state index contributed by atoms with van der Waals surface area (Å²) in [6, 6.07) is 0. The zero-order valence-electron chi connectivity index (χ0n) is 45.9. The summed E-state index contributed by atoms with van der Waals surface area (Å²) in [5.41, 5.74) is 0. The van der Waals surface area contributed by atoms with E-state index >= 15 is 0 Å². The summed E-state index contributed by atoms with van der Waals surface area (Å²) in [7, 11) is 0. The van der Waals surface area contributed by atoms with Crippen LogP contribution < -0.4 is 0 Å². The van der Waals surface area contributed by atoms with Crippen molar-refractivity contribution in [1.29, 1.82) is 0 Å². The minimum absolute atomic E-state index is 0.0615. The van der Waals surface area contributed by atoms with Gasteiger partial charge in [-0.15, -0.1) is 0 Å². The van der Waals surface area contributed by atoms with Gasteiger partial charge in [0, 0.05) is 19.3 Å². The van der Waals surface area contributed by atoms with Gasteiger partial charge in [-0.25, -0.2) is 0 Å². The van der Waals surface area contributed by atoms with Crippen LogP contribution in [0.1, 0.15) is 349 Å². The highest BCUT2D eigenvalue weighted by molar-refractivity contribution is 5.71. The van der Waals surface area contributed by atoms with Crippen LogP contribution in [-0.2, 0) is 28.6 Å². The van der Waals surface area contributed by atoms with Gasteiger partial charge >= 0.3 is 17.9 Å². The third kappa shape index (κ3) is 55.2. The Labute approximate surface area is 418 Å². The Morgan fingerprint density at radius 3 is 0.731 bits per heavy atom. The van der Waals surface area contributed by atoms with Gasteiger partial charge in [-0.2, -0.15) is 0 Å². The molecular formula is C61H118O6. The third-order valence-electron chi connectivity index (χ3n) is 14.0. The fraction of sp³-hybridized carbons (Fsp3) is 0.951. The molecule has 1 atom stereocenters. The van der Waals surface area contributed by atoms with Crippen LogP contribution in [0, 0.1) is 5.92 Å². The minimum atomic E-state index is -0.762. The van der Waals surface area contributed by atoms with E-state index in [2.05, 4.69) is 27.7 Å². The molecule has 0 radical (unpaired) electrons. The maximum atomic E-state index is 12.9.